The van der Waals surface area contributed by atoms with Gasteiger partial charge in [-0.15, -0.1) is 5.10 Å². The number of esters is 1. The van der Waals surface area contributed by atoms with E-state index in [0.29, 0.717) is 37.7 Å². The van der Waals surface area contributed by atoms with Crippen LogP contribution in [0.15, 0.2) is 53.9 Å². The molecule has 18 heteroatoms. The highest BCUT2D eigenvalue weighted by Gasteiger charge is 2.55. The van der Waals surface area contributed by atoms with Crippen molar-refractivity contribution in [3.8, 4) is 0 Å². The number of hydrogen-bond acceptors (Lipinski definition) is 16. The fourth-order valence-corrected chi connectivity index (χ4v) is 10.8. The molecule has 4 heterocycles. The zero-order valence-corrected chi connectivity index (χ0v) is 42.8. The van der Waals surface area contributed by atoms with Crippen LogP contribution in [-0.2, 0) is 47.7 Å². The van der Waals surface area contributed by atoms with Gasteiger partial charge >= 0.3 is 5.97 Å². The average molecular weight is 982 g/mol. The largest absolute Gasteiger partial charge is 0.460 e. The number of cyclic esters (lactones) is 1. The Morgan fingerprint density at radius 3 is 2.30 bits per heavy atom. The molecule has 16 atom stereocenters. The summed E-state index contributed by atoms with van der Waals surface area (Å²) in [6.07, 6.45) is 10.3. The summed E-state index contributed by atoms with van der Waals surface area (Å²) in [5.41, 5.74) is 1.14. The van der Waals surface area contributed by atoms with Crippen molar-refractivity contribution in [2.75, 3.05) is 27.9 Å². The van der Waals surface area contributed by atoms with Gasteiger partial charge in [-0.2, -0.15) is 0 Å². The standard InChI is InChI=1S/C52H79N5O13/c1-30-16-12-11-13-17-31(2)42(66-8)28-45-41(59)25-36(7)52(65,70-45)49(62)50(63)56-21-15-14-18-39(56)51(64)69-43(33(4)24-37-19-20-38(44(26-37)67-9)57-29-53-54-55-57)27-40(58)32(3)23-35(6)47(61)48(68-10)46(60)34(5)22-30/h11-13,16-17,23,29-30,32-34,36-39,41-45,47-48,59,61,65H,14-15,18-22,24-28H2,1-10H3/b13-11+,16-12+,31-17+,35-23+/t30-,32-,33-,34-,36-,37+,38?,39+,41?,42+,43+,44-,45-,47-,48+,52-/m1/s1. The highest BCUT2D eigenvalue weighted by molar-refractivity contribution is 6.39. The van der Waals surface area contributed by atoms with Crippen LogP contribution >= 0.6 is 0 Å². The number of carbonyl (C=O) groups excluding carboxylic acids is 5. The lowest BCUT2D eigenvalue weighted by Gasteiger charge is -2.44. The second-order valence-electron chi connectivity index (χ2n) is 20.5. The number of ketones is 3. The molecule has 0 aromatic carbocycles. The van der Waals surface area contributed by atoms with Crippen LogP contribution in [0.5, 0.6) is 0 Å². The summed E-state index contributed by atoms with van der Waals surface area (Å²) in [5, 5.41) is 46.4. The highest BCUT2D eigenvalue weighted by atomic mass is 16.6. The van der Waals surface area contributed by atoms with Crippen molar-refractivity contribution in [3.05, 3.63) is 53.9 Å². The van der Waals surface area contributed by atoms with Gasteiger partial charge in [0.1, 0.15) is 36.5 Å². The van der Waals surface area contributed by atoms with Gasteiger partial charge in [0.05, 0.1) is 30.5 Å². The maximum atomic E-state index is 14.5. The Hall–Kier alpha value is -4.30. The minimum absolute atomic E-state index is 0.0140. The van der Waals surface area contributed by atoms with E-state index in [1.54, 1.807) is 45.0 Å². The van der Waals surface area contributed by atoms with Crippen molar-refractivity contribution < 1.29 is 63.0 Å². The van der Waals surface area contributed by atoms with E-state index in [0.717, 1.165) is 23.3 Å². The number of aromatic nitrogens is 4. The number of amides is 1. The minimum atomic E-state index is -2.61. The number of carbonyl (C=O) groups is 5. The molecule has 70 heavy (non-hydrogen) atoms. The first-order valence-electron chi connectivity index (χ1n) is 25.1. The van der Waals surface area contributed by atoms with Gasteiger partial charge in [0.25, 0.3) is 11.7 Å². The number of tetrazole rings is 1. The Morgan fingerprint density at radius 1 is 0.886 bits per heavy atom. The molecule has 0 spiro atoms. The number of ether oxygens (including phenoxy) is 5. The Labute approximate surface area is 413 Å². The number of nitrogens with zero attached hydrogens (tertiary/aromatic N) is 5. The fraction of sp³-hybridized carbons (Fsp3) is 0.731. The average Bonchev–Trinajstić information content (AvgIpc) is 3.88. The summed E-state index contributed by atoms with van der Waals surface area (Å²) in [6, 6.07) is -1.26. The van der Waals surface area contributed by atoms with Crippen molar-refractivity contribution in [1.82, 2.24) is 25.1 Å². The SMILES string of the molecule is CO[C@H]1C[C@H]2O[C@@](O)(C(=O)C(=O)N3CCCC[C@H]3C(=O)O[C@H]([C@H](C)C[C@@H]3CCC(n4cnnn4)[C@H](OC)C3)CC(=O)[C@H](C)/C=C(\C)[C@@H](O)[C@@H](OC)C(=O)[C@H](C)C[C@H](C)/C=C/C=C/C=C/1C)[C@H](C)CC2O. The van der Waals surface area contributed by atoms with E-state index in [1.165, 1.54) is 21.1 Å². The predicted octanol–water partition coefficient (Wildman–Crippen LogP) is 5.02. The van der Waals surface area contributed by atoms with Crippen molar-refractivity contribution in [2.45, 2.75) is 180 Å². The molecule has 18 nitrogen and oxygen atoms in total. The number of piperidine rings is 1. The van der Waals surface area contributed by atoms with Crippen LogP contribution in [0.3, 0.4) is 0 Å². The molecule has 3 fully saturated rings. The number of methoxy groups -OCH3 is 3. The first-order valence-corrected chi connectivity index (χ1v) is 25.1. The number of aliphatic hydroxyl groups is 3. The lowest BCUT2D eigenvalue weighted by molar-refractivity contribution is -0.286. The van der Waals surface area contributed by atoms with Crippen molar-refractivity contribution in [1.29, 1.82) is 0 Å². The minimum Gasteiger partial charge on any atom is -0.460 e. The van der Waals surface area contributed by atoms with Gasteiger partial charge in [-0.3, -0.25) is 19.2 Å². The molecule has 2 bridgehead atoms. The van der Waals surface area contributed by atoms with E-state index in [9.17, 15) is 39.3 Å². The second-order valence-corrected chi connectivity index (χ2v) is 20.5. The topological polar surface area (TPSA) is 239 Å². The Bertz CT molecular complexity index is 2060. The molecular weight excluding hydrogens is 903 g/mol. The zero-order chi connectivity index (χ0) is 51.4. The fourth-order valence-electron chi connectivity index (χ4n) is 10.8. The Morgan fingerprint density at radius 2 is 1.63 bits per heavy atom. The first-order chi connectivity index (χ1) is 33.2. The quantitative estimate of drug-likeness (QED) is 0.185. The molecule has 1 aliphatic carbocycles. The maximum absolute atomic E-state index is 14.5. The Kier molecular flexibility index (Phi) is 20.9. The summed E-state index contributed by atoms with van der Waals surface area (Å²) in [5.74, 6) is -8.77. The molecule has 2 saturated heterocycles. The van der Waals surface area contributed by atoms with Gasteiger partial charge < -0.3 is 43.9 Å². The van der Waals surface area contributed by atoms with Gasteiger partial charge in [-0.25, -0.2) is 9.48 Å². The molecule has 390 valence electrons. The highest BCUT2D eigenvalue weighted by Crippen LogP contribution is 2.39. The summed E-state index contributed by atoms with van der Waals surface area (Å²) in [6.45, 7) is 12.4. The van der Waals surface area contributed by atoms with Crippen LogP contribution in [0.25, 0.3) is 0 Å². The maximum Gasteiger partial charge on any atom is 0.329 e. The third kappa shape index (κ3) is 14.0. The van der Waals surface area contributed by atoms with Crippen LogP contribution in [0.4, 0.5) is 0 Å². The Balaban J connectivity index is 1.47. The van der Waals surface area contributed by atoms with E-state index < -0.39 is 83.9 Å². The summed E-state index contributed by atoms with van der Waals surface area (Å²) in [4.78, 5) is 72.3. The van der Waals surface area contributed by atoms with Gasteiger partial charge in [-0.1, -0.05) is 71.1 Å². The van der Waals surface area contributed by atoms with Crippen LogP contribution in [0, 0.1) is 35.5 Å². The number of rotatable bonds is 7. The van der Waals surface area contributed by atoms with Crippen molar-refractivity contribution >= 4 is 29.2 Å². The zero-order valence-electron chi connectivity index (χ0n) is 42.8. The van der Waals surface area contributed by atoms with Crippen molar-refractivity contribution in [3.63, 3.8) is 0 Å². The van der Waals surface area contributed by atoms with Crippen LogP contribution in [-0.4, -0.2) is 152 Å². The normalized spacial score (nSPS) is 39.4. The number of aliphatic hydroxyl groups excluding tert-OH is 2. The number of fused-ring (bicyclic) bond motifs is 3. The smallest absolute Gasteiger partial charge is 0.329 e. The summed E-state index contributed by atoms with van der Waals surface area (Å²) < 4.78 is 31.3. The number of Topliss-reactive ketones (excluding diaryl/α,β-unsaturated/α-hetero) is 3. The van der Waals surface area contributed by atoms with Gasteiger partial charge in [0, 0.05) is 58.5 Å². The molecule has 3 N–H and O–H groups in total. The van der Waals surface area contributed by atoms with Gasteiger partial charge in [0.15, 0.2) is 5.78 Å². The lowest BCUT2D eigenvalue weighted by Crippen LogP contribution is -2.63. The summed E-state index contributed by atoms with van der Waals surface area (Å²) >= 11 is 0. The van der Waals surface area contributed by atoms with E-state index in [4.69, 9.17) is 23.7 Å². The van der Waals surface area contributed by atoms with E-state index in [2.05, 4.69) is 15.5 Å². The molecule has 1 aromatic heterocycles. The molecule has 2 unspecified atom stereocenters. The molecule has 1 amide bonds. The van der Waals surface area contributed by atoms with E-state index >= 15 is 0 Å². The number of hydrogen-bond donors (Lipinski definition) is 3. The monoisotopic (exact) mass is 982 g/mol. The number of allylic oxidation sites excluding steroid dienone is 6. The molecule has 4 aliphatic rings. The molecule has 1 aromatic rings. The van der Waals surface area contributed by atoms with Crippen molar-refractivity contribution in [2.24, 2.45) is 35.5 Å². The molecule has 3 aliphatic heterocycles. The molecule has 5 rings (SSSR count). The second kappa shape index (κ2) is 25.9. The predicted molar refractivity (Wildman–Crippen MR) is 257 cm³/mol. The molecular formula is C52H79N5O13. The van der Waals surface area contributed by atoms with Gasteiger partial charge in [-0.05, 0) is 111 Å². The lowest BCUT2D eigenvalue weighted by atomic mass is 9.77. The van der Waals surface area contributed by atoms with Crippen LogP contribution < -0.4 is 0 Å². The van der Waals surface area contributed by atoms with Crippen LogP contribution in [0.1, 0.15) is 125 Å². The van der Waals surface area contributed by atoms with Crippen LogP contribution in [0.2, 0.25) is 0 Å². The third-order valence-corrected chi connectivity index (χ3v) is 15.2. The van der Waals surface area contributed by atoms with Gasteiger partial charge in [0.2, 0.25) is 5.79 Å². The van der Waals surface area contributed by atoms with E-state index in [-0.39, 0.29) is 73.7 Å². The third-order valence-electron chi connectivity index (χ3n) is 15.2. The molecule has 1 saturated carbocycles. The van der Waals surface area contributed by atoms with E-state index in [1.807, 2.05) is 51.2 Å². The molecule has 0 radical (unpaired) electrons. The first kappa shape index (κ1) is 56.6. The summed E-state index contributed by atoms with van der Waals surface area (Å²) in [7, 11) is 4.52.